The second-order valence-electron chi connectivity index (χ2n) is 6.18. The summed E-state index contributed by atoms with van der Waals surface area (Å²) in [5.74, 6) is 0.603. The van der Waals surface area contributed by atoms with Crippen LogP contribution in [0, 0.1) is 5.92 Å². The van der Waals surface area contributed by atoms with Gasteiger partial charge in [0.2, 0.25) is 0 Å². The van der Waals surface area contributed by atoms with E-state index in [0.717, 1.165) is 12.8 Å². The summed E-state index contributed by atoms with van der Waals surface area (Å²) >= 11 is 12.5. The normalized spacial score (nSPS) is 15.7. The third-order valence-electron chi connectivity index (χ3n) is 3.79. The maximum absolute atomic E-state index is 6.50. The minimum absolute atomic E-state index is 0.0881. The van der Waals surface area contributed by atoms with Crippen LogP contribution >= 0.6 is 23.2 Å². The lowest BCUT2D eigenvalue weighted by molar-refractivity contribution is 0.339. The van der Waals surface area contributed by atoms with Crippen molar-refractivity contribution in [3.05, 3.63) is 0 Å². The molecule has 0 bridgehead atoms. The minimum atomic E-state index is -0.0881. The van der Waals surface area contributed by atoms with Gasteiger partial charge in [-0.3, -0.25) is 0 Å². The van der Waals surface area contributed by atoms with Crippen molar-refractivity contribution in [1.82, 2.24) is 0 Å². The number of alkyl halides is 2. The molecule has 0 nitrogen and oxygen atoms in total. The first-order valence-electron chi connectivity index (χ1n) is 7.71. The van der Waals surface area contributed by atoms with Crippen molar-refractivity contribution in [2.24, 2.45) is 5.92 Å². The van der Waals surface area contributed by atoms with E-state index in [1.807, 2.05) is 0 Å². The first-order chi connectivity index (χ1) is 8.38. The number of hydrogen-bond acceptors (Lipinski definition) is 0. The molecule has 0 aliphatic carbocycles. The van der Waals surface area contributed by atoms with Gasteiger partial charge in [0.15, 0.2) is 0 Å². The number of rotatable bonds is 11. The van der Waals surface area contributed by atoms with Crippen molar-refractivity contribution < 1.29 is 0 Å². The van der Waals surface area contributed by atoms with E-state index < -0.39 is 0 Å². The van der Waals surface area contributed by atoms with Gasteiger partial charge in [0.05, 0.1) is 0 Å². The highest BCUT2D eigenvalue weighted by atomic mass is 35.5. The molecule has 2 heteroatoms. The van der Waals surface area contributed by atoms with Crippen LogP contribution in [0.3, 0.4) is 0 Å². The van der Waals surface area contributed by atoms with Crippen molar-refractivity contribution in [3.63, 3.8) is 0 Å². The Bertz CT molecular complexity index is 182. The molecule has 0 spiro atoms. The fourth-order valence-corrected chi connectivity index (χ4v) is 2.78. The Hall–Kier alpha value is 0.580. The topological polar surface area (TPSA) is 0 Å². The predicted octanol–water partition coefficient (Wildman–Crippen LogP) is 6.78. The van der Waals surface area contributed by atoms with Crippen molar-refractivity contribution in [2.75, 3.05) is 0 Å². The maximum atomic E-state index is 6.50. The van der Waals surface area contributed by atoms with E-state index in [1.165, 1.54) is 44.9 Å². The molecule has 0 rings (SSSR count). The summed E-state index contributed by atoms with van der Waals surface area (Å²) in [6, 6.07) is 0. The van der Waals surface area contributed by atoms with Crippen LogP contribution in [0.4, 0.5) is 0 Å². The second-order valence-corrected chi connectivity index (χ2v) is 7.90. The van der Waals surface area contributed by atoms with Crippen LogP contribution in [0.2, 0.25) is 0 Å². The molecule has 2 unspecified atom stereocenters. The third-order valence-corrected chi connectivity index (χ3v) is 4.32. The van der Waals surface area contributed by atoms with Gasteiger partial charge in [-0.05, 0) is 46.0 Å². The molecule has 0 aromatic heterocycles. The molecule has 0 N–H and O–H groups in total. The lowest BCUT2D eigenvalue weighted by Crippen LogP contribution is -2.25. The first kappa shape index (κ1) is 18.6. The zero-order valence-corrected chi connectivity index (χ0v) is 14.3. The average Bonchev–Trinajstić information content (AvgIpc) is 2.25. The molecule has 18 heavy (non-hydrogen) atoms. The van der Waals surface area contributed by atoms with E-state index in [4.69, 9.17) is 23.2 Å². The molecule has 110 valence electrons. The van der Waals surface area contributed by atoms with Gasteiger partial charge >= 0.3 is 0 Å². The van der Waals surface area contributed by atoms with Crippen LogP contribution in [0.15, 0.2) is 0 Å². The summed E-state index contributed by atoms with van der Waals surface area (Å²) in [4.78, 5) is -0.0881. The van der Waals surface area contributed by atoms with Gasteiger partial charge in [-0.2, -0.15) is 0 Å². The van der Waals surface area contributed by atoms with E-state index in [9.17, 15) is 0 Å². The summed E-state index contributed by atoms with van der Waals surface area (Å²) in [5.41, 5.74) is 0. The van der Waals surface area contributed by atoms with Crippen LogP contribution in [0.25, 0.3) is 0 Å². The molecule has 0 radical (unpaired) electrons. The van der Waals surface area contributed by atoms with E-state index in [2.05, 4.69) is 27.7 Å². The Labute approximate surface area is 125 Å². The van der Waals surface area contributed by atoms with Crippen LogP contribution < -0.4 is 0 Å². The molecule has 0 aromatic rings. The number of unbranched alkanes of at least 4 members (excludes halogenated alkanes) is 5. The fourth-order valence-electron chi connectivity index (χ4n) is 2.43. The van der Waals surface area contributed by atoms with E-state index in [1.54, 1.807) is 0 Å². The zero-order valence-electron chi connectivity index (χ0n) is 12.8. The van der Waals surface area contributed by atoms with Crippen molar-refractivity contribution in [1.29, 1.82) is 0 Å². The number of hydrogen-bond donors (Lipinski definition) is 0. The van der Waals surface area contributed by atoms with Gasteiger partial charge in [0, 0.05) is 10.3 Å². The lowest BCUT2D eigenvalue weighted by Gasteiger charge is -2.29. The first-order valence-corrected chi connectivity index (χ1v) is 8.52. The third kappa shape index (κ3) is 10.5. The van der Waals surface area contributed by atoms with E-state index >= 15 is 0 Å². The highest BCUT2D eigenvalue weighted by molar-refractivity contribution is 6.23. The summed E-state index contributed by atoms with van der Waals surface area (Å²) < 4.78 is 0. The van der Waals surface area contributed by atoms with Crippen LogP contribution in [0.5, 0.6) is 0 Å². The van der Waals surface area contributed by atoms with Gasteiger partial charge in [-0.25, -0.2) is 0 Å². The lowest BCUT2D eigenvalue weighted by atomic mass is 9.85. The Morgan fingerprint density at radius 1 is 0.889 bits per heavy atom. The molecule has 0 saturated carbocycles. The Morgan fingerprint density at radius 2 is 1.44 bits per heavy atom. The van der Waals surface area contributed by atoms with Crippen LogP contribution in [-0.2, 0) is 0 Å². The average molecular weight is 295 g/mol. The van der Waals surface area contributed by atoms with Crippen LogP contribution in [0.1, 0.15) is 85.5 Å². The monoisotopic (exact) mass is 294 g/mol. The maximum Gasteiger partial charge on any atom is 0.0418 e. The molecule has 0 aliphatic rings. The standard InChI is InChI=1S/C16H32Cl2/c1-5-6-7-8-9-10-11-15(16(3,4)18)13-12-14(2)17/h14-15H,5-13H2,1-4H3. The highest BCUT2D eigenvalue weighted by Gasteiger charge is 2.26. The molecule has 0 aromatic carbocycles. The quantitative estimate of drug-likeness (QED) is 0.291. The Morgan fingerprint density at radius 3 is 1.94 bits per heavy atom. The van der Waals surface area contributed by atoms with Gasteiger partial charge < -0.3 is 0 Å². The Kier molecular flexibility index (Phi) is 10.7. The second kappa shape index (κ2) is 10.4. The summed E-state index contributed by atoms with van der Waals surface area (Å²) in [5, 5.41) is 0.274. The van der Waals surface area contributed by atoms with Crippen molar-refractivity contribution in [2.45, 2.75) is 95.7 Å². The SMILES string of the molecule is CCCCCCCCC(CCC(C)Cl)C(C)(C)Cl. The summed E-state index contributed by atoms with van der Waals surface area (Å²) in [6.07, 6.45) is 11.7. The zero-order chi connectivity index (χ0) is 14.0. The summed E-state index contributed by atoms with van der Waals surface area (Å²) in [6.45, 7) is 8.63. The predicted molar refractivity (Wildman–Crippen MR) is 86.0 cm³/mol. The molecule has 0 fully saturated rings. The van der Waals surface area contributed by atoms with Gasteiger partial charge in [0.1, 0.15) is 0 Å². The molecular weight excluding hydrogens is 263 g/mol. The minimum Gasteiger partial charge on any atom is -0.123 e. The van der Waals surface area contributed by atoms with Gasteiger partial charge in [0.25, 0.3) is 0 Å². The molecule has 0 heterocycles. The fraction of sp³-hybridized carbons (Fsp3) is 1.00. The van der Waals surface area contributed by atoms with Crippen LogP contribution in [-0.4, -0.2) is 10.3 Å². The van der Waals surface area contributed by atoms with Gasteiger partial charge in [-0.15, -0.1) is 23.2 Å². The molecule has 2 atom stereocenters. The van der Waals surface area contributed by atoms with E-state index in [0.29, 0.717) is 5.92 Å². The summed E-state index contributed by atoms with van der Waals surface area (Å²) in [7, 11) is 0. The highest BCUT2D eigenvalue weighted by Crippen LogP contribution is 2.33. The molecular formula is C16H32Cl2. The smallest absolute Gasteiger partial charge is 0.0418 e. The van der Waals surface area contributed by atoms with Crippen molar-refractivity contribution >= 4 is 23.2 Å². The number of halogens is 2. The molecule has 0 saturated heterocycles. The van der Waals surface area contributed by atoms with Crippen molar-refractivity contribution in [3.8, 4) is 0 Å². The van der Waals surface area contributed by atoms with Gasteiger partial charge in [-0.1, -0.05) is 45.4 Å². The van der Waals surface area contributed by atoms with E-state index in [-0.39, 0.29) is 10.3 Å². The largest absolute Gasteiger partial charge is 0.123 e. The molecule has 0 amide bonds. The Balaban J connectivity index is 3.81. The molecule has 0 aliphatic heterocycles.